The Labute approximate surface area is 158 Å². The van der Waals surface area contributed by atoms with E-state index in [2.05, 4.69) is 12.2 Å². The molecule has 0 saturated carbocycles. The van der Waals surface area contributed by atoms with E-state index < -0.39 is 6.47 Å². The van der Waals surface area contributed by atoms with Gasteiger partial charge in [0.1, 0.15) is 30.7 Å². The van der Waals surface area contributed by atoms with Crippen molar-refractivity contribution >= 4 is 6.47 Å². The average Bonchev–Trinajstić information content (AvgIpc) is 2.72. The Balaban J connectivity index is 0.000000817. The van der Waals surface area contributed by atoms with E-state index in [4.69, 9.17) is 28.8 Å². The van der Waals surface area contributed by atoms with Gasteiger partial charge in [0, 0.05) is 18.1 Å². The van der Waals surface area contributed by atoms with Gasteiger partial charge in [0.25, 0.3) is 0 Å². The fraction of sp³-hybridized carbons (Fsp3) is 0.350. The maximum absolute atomic E-state index is 8.25. The number of benzene rings is 2. The molecule has 1 aliphatic heterocycles. The van der Waals surface area contributed by atoms with Crippen LogP contribution in [0.3, 0.4) is 0 Å². The number of ether oxygens (including phenoxy) is 4. The maximum Gasteiger partial charge on any atom is 0.184 e. The van der Waals surface area contributed by atoms with E-state index in [0.29, 0.717) is 6.61 Å². The minimum Gasteiger partial charge on any atom is -0.554 e. The third-order valence-electron chi connectivity index (χ3n) is 4.32. The first-order valence-electron chi connectivity index (χ1n) is 8.61. The Morgan fingerprint density at radius 1 is 1.22 bits per heavy atom. The van der Waals surface area contributed by atoms with Gasteiger partial charge in [-0.2, -0.15) is 0 Å². The predicted molar refractivity (Wildman–Crippen MR) is 97.1 cm³/mol. The summed E-state index contributed by atoms with van der Waals surface area (Å²) in [7, 11) is 3.33. The first-order chi connectivity index (χ1) is 13.1. The predicted octanol–water partition coefficient (Wildman–Crippen LogP) is 0.362. The van der Waals surface area contributed by atoms with Gasteiger partial charge >= 0.3 is 0 Å². The van der Waals surface area contributed by atoms with Crippen LogP contribution in [0.1, 0.15) is 12.5 Å². The minimum absolute atomic E-state index is 0.0177. The van der Waals surface area contributed by atoms with E-state index in [9.17, 15) is 0 Å². The Bertz CT molecular complexity index is 736. The summed E-state index contributed by atoms with van der Waals surface area (Å²) in [6.07, 6.45) is 0.0177. The lowest BCUT2D eigenvalue weighted by atomic mass is 10.1. The van der Waals surface area contributed by atoms with Crippen molar-refractivity contribution in [3.05, 3.63) is 48.0 Å². The standard InChI is InChI=1S/C19H23NO4.CH2O2/c1-13(19-12-23-16-6-4-5-7-17(16)24-19)20-11-14-8-9-15(21-2)10-18(14)22-3;2-1-3/h4-10,13,19-20H,11-12H2,1-3H3;1H,(H,2,3). The number of para-hydroxylation sites is 2. The Morgan fingerprint density at radius 3 is 2.59 bits per heavy atom. The van der Waals surface area contributed by atoms with Gasteiger partial charge in [-0.05, 0) is 31.2 Å². The highest BCUT2D eigenvalue weighted by atomic mass is 16.6. The lowest BCUT2D eigenvalue weighted by molar-refractivity contribution is -0.707. The van der Waals surface area contributed by atoms with Crippen LogP contribution < -0.4 is 29.4 Å². The number of quaternary nitrogens is 1. The van der Waals surface area contributed by atoms with Gasteiger partial charge < -0.3 is 34.2 Å². The van der Waals surface area contributed by atoms with Crippen LogP contribution in [0.25, 0.3) is 0 Å². The number of carbonyl (C=O) groups excluding carboxylic acids is 1. The maximum atomic E-state index is 8.25. The molecule has 2 aromatic carbocycles. The van der Waals surface area contributed by atoms with Gasteiger partial charge in [-0.3, -0.25) is 0 Å². The van der Waals surface area contributed by atoms with Gasteiger partial charge in [-0.25, -0.2) is 0 Å². The highest BCUT2D eigenvalue weighted by Crippen LogP contribution is 2.31. The number of fused-ring (bicyclic) bond motifs is 1. The quantitative estimate of drug-likeness (QED) is 0.733. The molecule has 7 nitrogen and oxygen atoms in total. The average molecular weight is 375 g/mol. The number of carboxylic acid groups (broad SMARTS) is 1. The van der Waals surface area contributed by atoms with Crippen molar-refractivity contribution < 1.29 is 34.2 Å². The summed E-state index contributed by atoms with van der Waals surface area (Å²) < 4.78 is 22.6. The van der Waals surface area contributed by atoms with E-state index in [1.807, 2.05) is 42.5 Å². The van der Waals surface area contributed by atoms with Crippen molar-refractivity contribution in [2.45, 2.75) is 25.6 Å². The molecular weight excluding hydrogens is 350 g/mol. The largest absolute Gasteiger partial charge is 0.554 e. The van der Waals surface area contributed by atoms with Crippen LogP contribution in [-0.2, 0) is 11.3 Å². The highest BCUT2D eigenvalue weighted by Gasteiger charge is 2.28. The van der Waals surface area contributed by atoms with Crippen molar-refractivity contribution in [1.82, 2.24) is 0 Å². The van der Waals surface area contributed by atoms with E-state index >= 15 is 0 Å². The van der Waals surface area contributed by atoms with Gasteiger partial charge in [-0.15, -0.1) is 0 Å². The zero-order valence-electron chi connectivity index (χ0n) is 15.7. The second kappa shape index (κ2) is 10.3. The molecule has 0 aromatic heterocycles. The van der Waals surface area contributed by atoms with Crippen LogP contribution in [0.2, 0.25) is 0 Å². The smallest absolute Gasteiger partial charge is 0.184 e. The summed E-state index contributed by atoms with van der Waals surface area (Å²) in [4.78, 5) is 8.25. The molecule has 2 N–H and O–H groups in total. The third kappa shape index (κ3) is 5.52. The molecule has 3 rings (SSSR count). The molecular formula is C20H25NO6. The Morgan fingerprint density at radius 2 is 1.93 bits per heavy atom. The summed E-state index contributed by atoms with van der Waals surface area (Å²) in [6.45, 7) is 3.02. The first kappa shape index (κ1) is 20.4. The Hall–Kier alpha value is -2.93. The second-order valence-electron chi connectivity index (χ2n) is 5.99. The monoisotopic (exact) mass is 375 g/mol. The molecule has 1 aliphatic rings. The SMILES string of the molecule is COc1ccc(C[NH2+]C(C)C2COc3ccccc3O2)c(OC)c1.O=C[O-]. The van der Waals surface area contributed by atoms with Crippen LogP contribution >= 0.6 is 0 Å². The van der Waals surface area contributed by atoms with Gasteiger partial charge in [0.15, 0.2) is 17.6 Å². The molecule has 1 heterocycles. The number of hydrogen-bond donors (Lipinski definition) is 1. The number of nitrogens with two attached hydrogens (primary N) is 1. The molecule has 2 unspecified atom stereocenters. The van der Waals surface area contributed by atoms with Crippen molar-refractivity contribution in [3.8, 4) is 23.0 Å². The lowest BCUT2D eigenvalue weighted by Crippen LogP contribution is -2.91. The summed E-state index contributed by atoms with van der Waals surface area (Å²) in [6, 6.07) is 13.9. The molecule has 27 heavy (non-hydrogen) atoms. The fourth-order valence-electron chi connectivity index (χ4n) is 2.78. The van der Waals surface area contributed by atoms with Crippen molar-refractivity contribution in [1.29, 1.82) is 0 Å². The summed E-state index contributed by atoms with van der Waals surface area (Å²) in [5.74, 6) is 3.27. The number of rotatable bonds is 6. The highest BCUT2D eigenvalue weighted by molar-refractivity contribution is 5.41. The van der Waals surface area contributed by atoms with E-state index in [-0.39, 0.29) is 12.1 Å². The molecule has 0 spiro atoms. The zero-order valence-corrected chi connectivity index (χ0v) is 15.7. The number of carbonyl (C=O) groups is 1. The topological polar surface area (TPSA) is 93.7 Å². The van der Waals surface area contributed by atoms with Gasteiger partial charge in [0.05, 0.1) is 14.2 Å². The second-order valence-corrected chi connectivity index (χ2v) is 5.99. The van der Waals surface area contributed by atoms with Crippen molar-refractivity contribution in [2.24, 2.45) is 0 Å². The third-order valence-corrected chi connectivity index (χ3v) is 4.32. The molecule has 7 heteroatoms. The summed E-state index contributed by atoms with van der Waals surface area (Å²) >= 11 is 0. The van der Waals surface area contributed by atoms with Crippen LogP contribution in [-0.4, -0.2) is 39.4 Å². The normalized spacial score (nSPS) is 15.7. The molecule has 0 radical (unpaired) electrons. The molecule has 0 aliphatic carbocycles. The zero-order chi connectivity index (χ0) is 19.6. The minimum atomic E-state index is -0.500. The van der Waals surface area contributed by atoms with Crippen molar-refractivity contribution in [2.75, 3.05) is 20.8 Å². The molecule has 146 valence electrons. The van der Waals surface area contributed by atoms with E-state index in [1.165, 1.54) is 0 Å². The number of methoxy groups -OCH3 is 2. The van der Waals surface area contributed by atoms with Crippen LogP contribution in [0.5, 0.6) is 23.0 Å². The summed E-state index contributed by atoms with van der Waals surface area (Å²) in [5.41, 5.74) is 1.13. The van der Waals surface area contributed by atoms with Crippen molar-refractivity contribution in [3.63, 3.8) is 0 Å². The van der Waals surface area contributed by atoms with E-state index in [1.54, 1.807) is 14.2 Å². The van der Waals surface area contributed by atoms with E-state index in [0.717, 1.165) is 35.1 Å². The fourth-order valence-corrected chi connectivity index (χ4v) is 2.78. The molecule has 2 atom stereocenters. The molecule has 0 bridgehead atoms. The molecule has 0 fully saturated rings. The molecule has 2 aromatic rings. The van der Waals surface area contributed by atoms with Crippen LogP contribution in [0, 0.1) is 0 Å². The van der Waals surface area contributed by atoms with Crippen LogP contribution in [0.4, 0.5) is 0 Å². The van der Waals surface area contributed by atoms with Gasteiger partial charge in [0.2, 0.25) is 0 Å². The summed E-state index contributed by atoms with van der Waals surface area (Å²) in [5, 5.41) is 10.5. The first-order valence-corrected chi connectivity index (χ1v) is 8.61. The van der Waals surface area contributed by atoms with Crippen LogP contribution in [0.15, 0.2) is 42.5 Å². The number of hydrogen-bond acceptors (Lipinski definition) is 6. The van der Waals surface area contributed by atoms with Gasteiger partial charge in [-0.1, -0.05) is 12.1 Å². The molecule has 0 amide bonds. The molecule has 0 saturated heterocycles. The Kier molecular flexibility index (Phi) is 7.76. The lowest BCUT2D eigenvalue weighted by Gasteiger charge is -2.29.